The van der Waals surface area contributed by atoms with E-state index in [4.69, 9.17) is 131 Å². The van der Waals surface area contributed by atoms with Crippen LogP contribution in [0.5, 0.6) is 0 Å². The molecule has 65 heteroatoms. The molecular weight excluding hydrogens is 1960 g/mol. The molecule has 0 bridgehead atoms. The van der Waals surface area contributed by atoms with Crippen molar-refractivity contribution in [3.05, 3.63) is 0 Å². The number of aliphatic carboxylic acids is 5. The monoisotopic (exact) mass is 2110 g/mol. The Balaban J connectivity index is 0.000000238. The van der Waals surface area contributed by atoms with E-state index < -0.39 is 240 Å². The maximum atomic E-state index is 13.4. The molecule has 10 heterocycles. The molecule has 0 amide bonds. The van der Waals surface area contributed by atoms with E-state index in [0.29, 0.717) is 44.9 Å². The van der Waals surface area contributed by atoms with Crippen LogP contribution in [0.25, 0.3) is 0 Å². The van der Waals surface area contributed by atoms with Crippen LogP contribution < -0.4 is 57.3 Å². The first-order valence-electron chi connectivity index (χ1n) is 47.6. The van der Waals surface area contributed by atoms with Crippen LogP contribution in [0.4, 0.5) is 0 Å². The number of unbranched alkanes of at least 4 members (excludes halogenated alkanes) is 1. The fourth-order valence-electron chi connectivity index (χ4n) is 19.8. The van der Waals surface area contributed by atoms with Crippen molar-refractivity contribution in [2.24, 2.45) is 86.9 Å². The zero-order valence-corrected chi connectivity index (χ0v) is 84.3. The molecule has 35 N–H and O–H groups in total. The third-order valence-corrected chi connectivity index (χ3v) is 38.4. The van der Waals surface area contributed by atoms with Crippen molar-refractivity contribution < 1.29 is 166 Å². The Hall–Kier alpha value is -3.98. The Morgan fingerprint density at radius 1 is 0.336 bits per heavy atom. The molecule has 20 atom stereocenters. The predicted octanol–water partition coefficient (Wildman–Crippen LogP) is -12.1. The summed E-state index contributed by atoms with van der Waals surface area (Å²) in [6.45, 7) is 9.98. The zero-order valence-electron chi connectivity index (χ0n) is 80.3. The standard InChI is InChI=1S/C16H33BN4O7S.C15H29BN4O7S.2C15H31BN4O7S.C14H29BN4O7S/c1-2-3-7-21(14-10-28-9-13(14)18)29(26,27)20-8-12(5-4-6-17(24)25)16(19,11-20)15(22)23;17-12-7-27-8-13(12)20(11-3-4-11)28(25,26)19-6-10(2-1-5-16(23)24)15(18,9-19)14(21)22;1-10(2)20(13-8-27-7-12(13)17)28(25,26)19-6-11(4-3-5-16(23)24)15(18,9-19)14(21)22;1-2-6-20(13-9-27-8-12(13)17)28(25,26)19-7-11(4-3-5-16(23)24)15(18,10-19)14(21)22;1-2-19(12-8-26-7-11(12)16)27(24,25)18-6-10(4-3-5-15(22)23)14(17,9-18)13(20)21/h12-14,24-25H,2-11,18-19H2,1H3,(H,22,23);10-13,23-24H,1-9,17-18H2,(H,21,22);10-13,23-24H,3-9,17-18H2,1-2H3,(H,21,22);11-13,23-24H,2-10,17-18H2,1H3,(H,21,22);10-12,22-23H,2-9,16-17H2,1H3,(H,20,21)/t12-,13?,14?,16-;10-,12?,13?,15-;2*11-,12?,13?,15-;10-,11?,12?,14-/m00000/s1. The minimum Gasteiger partial charge on any atom is -0.480 e. The predicted molar refractivity (Wildman–Crippen MR) is 510 cm³/mol. The minimum atomic E-state index is -4.03. The molecule has 808 valence electrons. The number of rotatable bonds is 48. The summed E-state index contributed by atoms with van der Waals surface area (Å²) in [5.41, 5.74) is 52.0. The van der Waals surface area contributed by atoms with Crippen molar-refractivity contribution >= 4 is 116 Å². The first-order valence-corrected chi connectivity index (χ1v) is 54.5. The van der Waals surface area contributed by atoms with E-state index in [2.05, 4.69) is 0 Å². The van der Waals surface area contributed by atoms with Gasteiger partial charge in [-0.15, -0.1) is 0 Å². The van der Waals surface area contributed by atoms with Crippen LogP contribution in [-0.2, 0) is 98.7 Å². The average molecular weight is 2110 g/mol. The molecule has 0 aromatic rings. The molecule has 0 aromatic carbocycles. The third-order valence-electron chi connectivity index (χ3n) is 28.2. The van der Waals surface area contributed by atoms with Gasteiger partial charge < -0.3 is 157 Å². The van der Waals surface area contributed by atoms with E-state index in [1.165, 1.54) is 21.5 Å². The number of hydrogen-bond donors (Lipinski definition) is 25. The van der Waals surface area contributed by atoms with Gasteiger partial charge in [-0.1, -0.05) is 59.3 Å². The number of carbonyl (C=O) groups is 5. The first kappa shape index (κ1) is 123. The summed E-state index contributed by atoms with van der Waals surface area (Å²) < 4.78 is 172. The second-order valence-electron chi connectivity index (χ2n) is 38.9. The van der Waals surface area contributed by atoms with E-state index >= 15 is 0 Å². The second-order valence-corrected chi connectivity index (χ2v) is 48.2. The zero-order chi connectivity index (χ0) is 105. The van der Waals surface area contributed by atoms with Gasteiger partial charge in [0.25, 0.3) is 51.0 Å². The van der Waals surface area contributed by atoms with Crippen molar-refractivity contribution in [3.63, 3.8) is 0 Å². The van der Waals surface area contributed by atoms with Crippen LogP contribution in [-0.4, -0.2) is 478 Å². The third kappa shape index (κ3) is 30.0. The quantitative estimate of drug-likeness (QED) is 0.0252. The molecule has 55 nitrogen and oxygen atoms in total. The van der Waals surface area contributed by atoms with E-state index in [9.17, 15) is 91.6 Å². The fraction of sp³-hybridized carbons (Fsp3) is 0.933. The van der Waals surface area contributed by atoms with Gasteiger partial charge in [0.1, 0.15) is 27.7 Å². The first-order chi connectivity index (χ1) is 65.1. The Morgan fingerprint density at radius 3 is 0.793 bits per heavy atom. The second kappa shape index (κ2) is 52.5. The lowest BCUT2D eigenvalue weighted by atomic mass is 9.78. The van der Waals surface area contributed by atoms with Gasteiger partial charge in [0.05, 0.1) is 96.3 Å². The normalized spacial score (nSPS) is 32.1. The summed E-state index contributed by atoms with van der Waals surface area (Å²) >= 11 is 0. The van der Waals surface area contributed by atoms with Crippen molar-refractivity contribution in [1.29, 1.82) is 0 Å². The highest BCUT2D eigenvalue weighted by Gasteiger charge is 2.62. The summed E-state index contributed by atoms with van der Waals surface area (Å²) in [6, 6.07) is -5.34. The van der Waals surface area contributed by atoms with Crippen LogP contribution in [0.2, 0.25) is 31.6 Å². The van der Waals surface area contributed by atoms with Gasteiger partial charge in [-0.05, 0) is 103 Å². The molecule has 10 aliphatic heterocycles. The average Bonchev–Trinajstić information content (AvgIpc) is 1.59. The Kier molecular flexibility index (Phi) is 46.1. The lowest BCUT2D eigenvalue weighted by Gasteiger charge is -2.35. The molecule has 10 unspecified atom stereocenters. The van der Waals surface area contributed by atoms with Crippen molar-refractivity contribution in [2.45, 2.75) is 263 Å². The topological polar surface area (TPSA) is 898 Å². The maximum absolute atomic E-state index is 13.4. The number of likely N-dealkylation sites (N-methyl/N-ethyl adjacent to an activating group) is 1. The highest BCUT2D eigenvalue weighted by atomic mass is 32.2. The van der Waals surface area contributed by atoms with Gasteiger partial charge in [-0.3, -0.25) is 24.0 Å². The van der Waals surface area contributed by atoms with Crippen molar-refractivity contribution in [2.75, 3.05) is 151 Å². The summed E-state index contributed by atoms with van der Waals surface area (Å²) in [5.74, 6) is -9.59. The molecule has 11 rings (SSSR count). The summed E-state index contributed by atoms with van der Waals surface area (Å²) in [5, 5.41) is 138. The van der Waals surface area contributed by atoms with Crippen LogP contribution in [0, 0.1) is 29.6 Å². The Bertz CT molecular complexity index is 4500. The van der Waals surface area contributed by atoms with Gasteiger partial charge in [0.15, 0.2) is 0 Å². The lowest BCUT2D eigenvalue weighted by Crippen LogP contribution is -2.58. The van der Waals surface area contributed by atoms with E-state index in [-0.39, 0.29) is 221 Å². The summed E-state index contributed by atoms with van der Waals surface area (Å²) in [4.78, 5) is 59.1. The smallest absolute Gasteiger partial charge is 0.451 e. The van der Waals surface area contributed by atoms with Gasteiger partial charge >= 0.3 is 65.4 Å². The maximum Gasteiger partial charge on any atom is 0.451 e. The van der Waals surface area contributed by atoms with Gasteiger partial charge in [0.2, 0.25) is 0 Å². The van der Waals surface area contributed by atoms with E-state index in [1.54, 1.807) is 20.8 Å². The molecule has 0 spiro atoms. The van der Waals surface area contributed by atoms with Crippen LogP contribution in [0.1, 0.15) is 131 Å². The summed E-state index contributed by atoms with van der Waals surface area (Å²) in [7, 11) is -27.5. The molecule has 0 aromatic heterocycles. The number of hydrogen-bond acceptors (Lipinski definition) is 40. The largest absolute Gasteiger partial charge is 0.480 e. The van der Waals surface area contributed by atoms with E-state index in [1.807, 2.05) is 13.8 Å². The fourth-order valence-corrected chi connectivity index (χ4v) is 29.9. The molecule has 1 aliphatic carbocycles. The SMILES string of the molecule is CC(C)N(C1COCC1N)S(=O)(=O)N1C[C@H](CCCB(O)O)[C@](N)(C(=O)O)C1.CCCCN(C1COCC1N)S(=O)(=O)N1C[C@H](CCCB(O)O)[C@](N)(C(=O)O)C1.CCCN(C1COCC1N)S(=O)(=O)N1C[C@H](CCCB(O)O)[C@](N)(C(=O)O)C1.CCN(C1COCC1N)S(=O)(=O)N1C[C@H](CCCB(O)O)[C@](N)(C(=O)O)C1.NC1COCC1N(C1CC1)S(=O)(=O)N1C[C@H](CCCB(O)O)[C@](N)(C(=O)O)C1. The van der Waals surface area contributed by atoms with Gasteiger partial charge in [-0.25, -0.2) is 0 Å². The summed E-state index contributed by atoms with van der Waals surface area (Å²) in [6.07, 6.45) is 6.76. The minimum absolute atomic E-state index is 0.0291. The number of nitrogens with zero attached hydrogens (tertiary/aromatic N) is 10. The molecule has 1 saturated carbocycles. The Labute approximate surface area is 821 Å². The molecule has 140 heavy (non-hydrogen) atoms. The van der Waals surface area contributed by atoms with Crippen LogP contribution in [0.3, 0.4) is 0 Å². The number of carboxylic acids is 5. The molecule has 11 fully saturated rings. The molecule has 10 saturated heterocycles. The molecule has 0 radical (unpaired) electrons. The molecular formula is C75H153B5N20O35S5. The highest BCUT2D eigenvalue weighted by molar-refractivity contribution is 7.88. The Morgan fingerprint density at radius 2 is 0.571 bits per heavy atom. The number of carboxylic acid groups (broad SMARTS) is 5. The number of ether oxygens (including phenoxy) is 5. The van der Waals surface area contributed by atoms with E-state index in [0.717, 1.165) is 40.8 Å². The van der Waals surface area contributed by atoms with Gasteiger partial charge in [-0.2, -0.15) is 85.1 Å². The van der Waals surface area contributed by atoms with Gasteiger partial charge in [0, 0.05) is 157 Å². The van der Waals surface area contributed by atoms with Crippen molar-refractivity contribution in [3.8, 4) is 0 Å². The number of nitrogens with two attached hydrogens (primary N) is 10. The highest BCUT2D eigenvalue weighted by Crippen LogP contribution is 2.43. The molecule has 11 aliphatic rings. The lowest BCUT2D eigenvalue weighted by molar-refractivity contribution is -0.145. The van der Waals surface area contributed by atoms with Crippen LogP contribution in [0.15, 0.2) is 0 Å². The van der Waals surface area contributed by atoms with Crippen molar-refractivity contribution in [1.82, 2.24) is 43.1 Å². The van der Waals surface area contributed by atoms with Crippen LogP contribution >= 0.6 is 0 Å².